The van der Waals surface area contributed by atoms with E-state index < -0.39 is 0 Å². The molecule has 0 aliphatic carbocycles. The van der Waals surface area contributed by atoms with Crippen molar-refractivity contribution >= 4 is 11.6 Å². The van der Waals surface area contributed by atoms with E-state index in [1.807, 2.05) is 47.4 Å². The number of benzene rings is 1. The van der Waals surface area contributed by atoms with E-state index in [4.69, 9.17) is 4.42 Å². The maximum atomic E-state index is 13.0. The first-order valence-electron chi connectivity index (χ1n) is 9.16. The molecule has 0 bridgehead atoms. The molecular weight excluding hydrogens is 314 g/mol. The van der Waals surface area contributed by atoms with E-state index in [-0.39, 0.29) is 11.9 Å². The molecule has 1 aromatic heterocycles. The number of furan rings is 1. The van der Waals surface area contributed by atoms with Gasteiger partial charge in [0.15, 0.2) is 0 Å². The molecule has 0 radical (unpaired) electrons. The first-order chi connectivity index (χ1) is 12.3. The third kappa shape index (κ3) is 3.62. The van der Waals surface area contributed by atoms with Crippen molar-refractivity contribution in [2.45, 2.75) is 25.4 Å². The summed E-state index contributed by atoms with van der Waals surface area (Å²) in [7, 11) is 0. The van der Waals surface area contributed by atoms with Gasteiger partial charge in [0, 0.05) is 38.4 Å². The van der Waals surface area contributed by atoms with Crippen molar-refractivity contribution in [3.05, 3.63) is 54.5 Å². The van der Waals surface area contributed by atoms with Crippen LogP contribution in [0.15, 0.2) is 53.1 Å². The molecule has 2 aliphatic heterocycles. The summed E-state index contributed by atoms with van der Waals surface area (Å²) in [5.41, 5.74) is 1.02. The number of para-hydroxylation sites is 1. The fraction of sp³-hybridized carbons (Fsp3) is 0.450. The third-order valence-corrected chi connectivity index (χ3v) is 5.29. The van der Waals surface area contributed by atoms with Crippen LogP contribution in [0.5, 0.6) is 0 Å². The highest BCUT2D eigenvalue weighted by Crippen LogP contribution is 2.24. The van der Waals surface area contributed by atoms with Crippen LogP contribution in [-0.4, -0.2) is 54.5 Å². The lowest BCUT2D eigenvalue weighted by Gasteiger charge is -2.42. The minimum absolute atomic E-state index is 0.0275. The molecule has 4 rings (SSSR count). The third-order valence-electron chi connectivity index (χ3n) is 5.29. The van der Waals surface area contributed by atoms with Gasteiger partial charge in [-0.3, -0.25) is 14.6 Å². The zero-order chi connectivity index (χ0) is 17.1. The summed E-state index contributed by atoms with van der Waals surface area (Å²) in [6.07, 6.45) is 3.77. The number of hydrogen-bond donors (Lipinski definition) is 0. The van der Waals surface area contributed by atoms with E-state index >= 15 is 0 Å². The average molecular weight is 339 g/mol. The fourth-order valence-corrected chi connectivity index (χ4v) is 3.92. The lowest BCUT2D eigenvalue weighted by Crippen LogP contribution is -2.57. The van der Waals surface area contributed by atoms with Crippen LogP contribution in [0.3, 0.4) is 0 Å². The van der Waals surface area contributed by atoms with E-state index in [1.165, 1.54) is 0 Å². The number of piperazine rings is 1. The molecule has 0 saturated carbocycles. The van der Waals surface area contributed by atoms with Gasteiger partial charge in [0.05, 0.1) is 18.8 Å². The lowest BCUT2D eigenvalue weighted by molar-refractivity contribution is -0.126. The standard InChI is InChI=1S/C20H25N3O2/c24-20-19(9-4-10-23(20)17-6-2-1-3-7-17)22-13-11-21(12-14-22)16-18-8-5-15-25-18/h1-3,5-8,15,19H,4,9-14,16H2. The number of rotatable bonds is 4. The van der Waals surface area contributed by atoms with Gasteiger partial charge in [0.2, 0.25) is 5.91 Å². The van der Waals surface area contributed by atoms with Gasteiger partial charge in [-0.05, 0) is 37.1 Å². The molecule has 2 fully saturated rings. The second-order valence-electron chi connectivity index (χ2n) is 6.87. The smallest absolute Gasteiger partial charge is 0.244 e. The predicted octanol–water partition coefficient (Wildman–Crippen LogP) is 2.59. The number of carbonyl (C=O) groups is 1. The number of amides is 1. The minimum atomic E-state index is 0.0275. The van der Waals surface area contributed by atoms with Crippen molar-refractivity contribution < 1.29 is 9.21 Å². The number of anilines is 1. The van der Waals surface area contributed by atoms with Gasteiger partial charge in [-0.15, -0.1) is 0 Å². The van der Waals surface area contributed by atoms with Crippen molar-refractivity contribution in [3.8, 4) is 0 Å². The van der Waals surface area contributed by atoms with Crippen LogP contribution >= 0.6 is 0 Å². The number of nitrogens with zero attached hydrogens (tertiary/aromatic N) is 3. The second-order valence-corrected chi connectivity index (χ2v) is 6.87. The fourth-order valence-electron chi connectivity index (χ4n) is 3.92. The molecule has 1 aromatic carbocycles. The summed E-state index contributed by atoms with van der Waals surface area (Å²) in [5, 5.41) is 0. The molecule has 3 heterocycles. The summed E-state index contributed by atoms with van der Waals surface area (Å²) < 4.78 is 5.44. The Balaban J connectivity index is 1.36. The van der Waals surface area contributed by atoms with Crippen LogP contribution in [0, 0.1) is 0 Å². The maximum Gasteiger partial charge on any atom is 0.244 e. The Labute approximate surface area is 148 Å². The van der Waals surface area contributed by atoms with E-state index in [9.17, 15) is 4.79 Å². The SMILES string of the molecule is O=C1C(N2CCN(Cc3ccco3)CC2)CCCN1c1ccccc1. The summed E-state index contributed by atoms with van der Waals surface area (Å²) in [6, 6.07) is 14.0. The summed E-state index contributed by atoms with van der Waals surface area (Å²) >= 11 is 0. The molecule has 5 nitrogen and oxygen atoms in total. The summed E-state index contributed by atoms with van der Waals surface area (Å²) in [5.74, 6) is 1.27. The van der Waals surface area contributed by atoms with Crippen molar-refractivity contribution in [1.29, 1.82) is 0 Å². The molecule has 5 heteroatoms. The number of hydrogen-bond acceptors (Lipinski definition) is 4. The van der Waals surface area contributed by atoms with Crippen LogP contribution in [0.25, 0.3) is 0 Å². The maximum absolute atomic E-state index is 13.0. The van der Waals surface area contributed by atoms with Gasteiger partial charge < -0.3 is 9.32 Å². The van der Waals surface area contributed by atoms with E-state index in [0.29, 0.717) is 0 Å². The van der Waals surface area contributed by atoms with Crippen LogP contribution < -0.4 is 4.90 Å². The van der Waals surface area contributed by atoms with Crippen LogP contribution in [0.1, 0.15) is 18.6 Å². The average Bonchev–Trinajstić information content (AvgIpc) is 3.17. The van der Waals surface area contributed by atoms with Crippen LogP contribution in [0.2, 0.25) is 0 Å². The Bertz CT molecular complexity index is 678. The van der Waals surface area contributed by atoms with E-state index in [1.54, 1.807) is 6.26 Å². The highest BCUT2D eigenvalue weighted by Gasteiger charge is 2.35. The first kappa shape index (κ1) is 16.4. The Morgan fingerprint density at radius 1 is 0.960 bits per heavy atom. The lowest BCUT2D eigenvalue weighted by atomic mass is 10.0. The van der Waals surface area contributed by atoms with Crippen LogP contribution in [0.4, 0.5) is 5.69 Å². The Kier molecular flexibility index (Phi) is 4.85. The minimum Gasteiger partial charge on any atom is -0.468 e. The zero-order valence-corrected chi connectivity index (χ0v) is 14.5. The highest BCUT2D eigenvalue weighted by atomic mass is 16.3. The summed E-state index contributed by atoms with van der Waals surface area (Å²) in [6.45, 7) is 5.54. The molecule has 0 N–H and O–H groups in total. The van der Waals surface area contributed by atoms with E-state index in [0.717, 1.165) is 63.6 Å². The molecular formula is C20H25N3O2. The zero-order valence-electron chi connectivity index (χ0n) is 14.5. The normalized spacial score (nSPS) is 23.1. The van der Waals surface area contributed by atoms with Gasteiger partial charge in [0.1, 0.15) is 5.76 Å². The largest absolute Gasteiger partial charge is 0.468 e. The van der Waals surface area contributed by atoms with Gasteiger partial charge in [-0.1, -0.05) is 18.2 Å². The Morgan fingerprint density at radius 2 is 1.76 bits per heavy atom. The molecule has 2 saturated heterocycles. The molecule has 2 aliphatic rings. The molecule has 0 spiro atoms. The molecule has 2 aromatic rings. The molecule has 25 heavy (non-hydrogen) atoms. The van der Waals surface area contributed by atoms with Crippen LogP contribution in [-0.2, 0) is 11.3 Å². The summed E-state index contributed by atoms with van der Waals surface area (Å²) in [4.78, 5) is 19.8. The quantitative estimate of drug-likeness (QED) is 0.858. The molecule has 132 valence electrons. The van der Waals surface area contributed by atoms with Crippen molar-refractivity contribution in [1.82, 2.24) is 9.80 Å². The molecule has 1 unspecified atom stereocenters. The first-order valence-corrected chi connectivity index (χ1v) is 9.16. The molecule has 1 amide bonds. The van der Waals surface area contributed by atoms with Gasteiger partial charge in [0.25, 0.3) is 0 Å². The van der Waals surface area contributed by atoms with Gasteiger partial charge in [-0.25, -0.2) is 0 Å². The van der Waals surface area contributed by atoms with Gasteiger partial charge in [-0.2, -0.15) is 0 Å². The van der Waals surface area contributed by atoms with E-state index in [2.05, 4.69) is 9.80 Å². The van der Waals surface area contributed by atoms with Crippen molar-refractivity contribution in [3.63, 3.8) is 0 Å². The van der Waals surface area contributed by atoms with Crippen molar-refractivity contribution in [2.24, 2.45) is 0 Å². The number of piperidine rings is 1. The van der Waals surface area contributed by atoms with Crippen molar-refractivity contribution in [2.75, 3.05) is 37.6 Å². The Hall–Kier alpha value is -2.11. The number of carbonyl (C=O) groups excluding carboxylic acids is 1. The Morgan fingerprint density at radius 3 is 2.48 bits per heavy atom. The highest BCUT2D eigenvalue weighted by molar-refractivity contribution is 5.97. The molecule has 1 atom stereocenters. The predicted molar refractivity (Wildman–Crippen MR) is 97.4 cm³/mol. The second kappa shape index (κ2) is 7.42. The monoisotopic (exact) mass is 339 g/mol. The topological polar surface area (TPSA) is 39.9 Å². The van der Waals surface area contributed by atoms with Gasteiger partial charge >= 0.3 is 0 Å².